The van der Waals surface area contributed by atoms with E-state index in [1.165, 1.54) is 6.92 Å². The Morgan fingerprint density at radius 2 is 2.13 bits per heavy atom. The Hall–Kier alpha value is -0.760. The zero-order valence-electron chi connectivity index (χ0n) is 8.29. The van der Waals surface area contributed by atoms with E-state index in [4.69, 9.17) is 15.9 Å². The minimum absolute atomic E-state index is 0.273. The first-order valence-electron chi connectivity index (χ1n) is 4.18. The molecule has 0 aromatic heterocycles. The van der Waals surface area contributed by atoms with Crippen LogP contribution in [-0.2, 0) is 9.53 Å². The van der Waals surface area contributed by atoms with Gasteiger partial charge < -0.3 is 25.8 Å². The number of carbonyl (C=O) groups is 1. The van der Waals surface area contributed by atoms with Crippen molar-refractivity contribution >= 4 is 17.7 Å². The van der Waals surface area contributed by atoms with E-state index in [-0.39, 0.29) is 6.61 Å². The Morgan fingerprint density at radius 3 is 2.60 bits per heavy atom. The van der Waals surface area contributed by atoms with Crippen LogP contribution in [0.15, 0.2) is 11.8 Å². The molecule has 6 nitrogen and oxygen atoms in total. The van der Waals surface area contributed by atoms with Gasteiger partial charge in [0, 0.05) is 11.8 Å². The minimum atomic E-state index is -1.09. The number of hydrogen-bond donors (Lipinski definition) is 4. The molecule has 0 heterocycles. The largest absolute Gasteiger partial charge is 0.459 e. The Balaban J connectivity index is 3.76. The number of nitrogens with two attached hydrogens (primary N) is 1. The van der Waals surface area contributed by atoms with E-state index in [0.717, 1.165) is 6.08 Å². The predicted molar refractivity (Wildman–Crippen MR) is 55.6 cm³/mol. The number of ether oxygens (including phenoxy) is 1. The fraction of sp³-hybridized carbons (Fsp3) is 0.625. The molecule has 7 heteroatoms. The van der Waals surface area contributed by atoms with Gasteiger partial charge in [0.1, 0.15) is 17.5 Å². The zero-order valence-corrected chi connectivity index (χ0v) is 9.11. The number of hydrogen-bond acceptors (Lipinski definition) is 7. The highest BCUT2D eigenvalue weighted by molar-refractivity contribution is 8.00. The maximum Gasteiger partial charge on any atom is 0.332 e. The Kier molecular flexibility index (Phi) is 7.14. The third-order valence-corrected chi connectivity index (χ3v) is 2.10. The molecule has 0 aliphatic rings. The third kappa shape index (κ3) is 8.25. The Labute approximate surface area is 91.7 Å². The second kappa shape index (κ2) is 7.52. The van der Waals surface area contributed by atoms with E-state index in [1.807, 2.05) is 0 Å². The van der Waals surface area contributed by atoms with Crippen LogP contribution in [0, 0.1) is 0 Å². The first kappa shape index (κ1) is 14.2. The van der Waals surface area contributed by atoms with Gasteiger partial charge in [-0.2, -0.15) is 0 Å². The lowest BCUT2D eigenvalue weighted by Gasteiger charge is -2.12. The number of aliphatic hydroxyl groups is 3. The van der Waals surface area contributed by atoms with Gasteiger partial charge in [-0.25, -0.2) is 4.79 Å². The van der Waals surface area contributed by atoms with Crippen LogP contribution in [-0.4, -0.2) is 45.4 Å². The highest BCUT2D eigenvalue weighted by Gasteiger charge is 2.12. The van der Waals surface area contributed by atoms with Crippen LogP contribution < -0.4 is 5.73 Å². The van der Waals surface area contributed by atoms with Crippen LogP contribution in [0.1, 0.15) is 6.92 Å². The van der Waals surface area contributed by atoms with Crippen molar-refractivity contribution < 1.29 is 24.9 Å². The lowest BCUT2D eigenvalue weighted by Crippen LogP contribution is -2.20. The van der Waals surface area contributed by atoms with Crippen LogP contribution in [0.4, 0.5) is 0 Å². The fourth-order valence-electron chi connectivity index (χ4n) is 0.645. The monoisotopic (exact) mass is 237 g/mol. The second-order valence-corrected chi connectivity index (χ2v) is 4.11. The molecular formula is C8H15NO5S. The molecule has 0 amide bonds. The summed E-state index contributed by atoms with van der Waals surface area (Å²) >= 11 is 0.692. The summed E-state index contributed by atoms with van der Waals surface area (Å²) in [5, 5.41) is 26.6. The molecule has 2 unspecified atom stereocenters. The second-order valence-electron chi connectivity index (χ2n) is 2.75. The van der Waals surface area contributed by atoms with Crippen molar-refractivity contribution in [3.63, 3.8) is 0 Å². The molecule has 0 bridgehead atoms. The van der Waals surface area contributed by atoms with Crippen molar-refractivity contribution in [3.05, 3.63) is 11.8 Å². The van der Waals surface area contributed by atoms with Crippen LogP contribution in [0.25, 0.3) is 0 Å². The van der Waals surface area contributed by atoms with Crippen molar-refractivity contribution in [2.75, 3.05) is 13.2 Å². The number of carbonyl (C=O) groups excluding carboxylic acids is 1. The summed E-state index contributed by atoms with van der Waals surface area (Å²) in [6, 6.07) is 0. The summed E-state index contributed by atoms with van der Waals surface area (Å²) < 4.78 is 4.60. The Morgan fingerprint density at radius 1 is 1.53 bits per heavy atom. The van der Waals surface area contributed by atoms with Gasteiger partial charge in [-0.05, 0) is 6.92 Å². The van der Waals surface area contributed by atoms with E-state index in [9.17, 15) is 9.90 Å². The number of aliphatic hydroxyl groups excluding tert-OH is 3. The fourth-order valence-corrected chi connectivity index (χ4v) is 1.24. The Bertz CT molecular complexity index is 229. The standard InChI is InChI=1S/C8H15NO5S/c1-5(9)2-6(11)14-4-8(13)15-7(12)3-10/h2,7-8,10,12-13H,3-4,9H2,1H3/b5-2-. The average Bonchev–Trinajstić information content (AvgIpc) is 2.13. The summed E-state index contributed by atoms with van der Waals surface area (Å²) in [5.74, 6) is -0.659. The first-order valence-corrected chi connectivity index (χ1v) is 5.13. The average molecular weight is 237 g/mol. The van der Waals surface area contributed by atoms with E-state index in [1.54, 1.807) is 0 Å². The molecule has 0 radical (unpaired) electrons. The molecule has 0 spiro atoms. The third-order valence-electron chi connectivity index (χ3n) is 1.18. The number of allylic oxidation sites excluding steroid dienone is 1. The molecular weight excluding hydrogens is 222 g/mol. The topological polar surface area (TPSA) is 113 Å². The molecule has 0 saturated heterocycles. The molecule has 0 aliphatic heterocycles. The smallest absolute Gasteiger partial charge is 0.332 e. The van der Waals surface area contributed by atoms with Gasteiger partial charge in [-0.3, -0.25) is 0 Å². The number of thioether (sulfide) groups is 1. The maximum atomic E-state index is 10.9. The van der Waals surface area contributed by atoms with Crippen LogP contribution in [0.2, 0.25) is 0 Å². The van der Waals surface area contributed by atoms with Crippen LogP contribution in [0.5, 0.6) is 0 Å². The molecule has 2 atom stereocenters. The highest BCUT2D eigenvalue weighted by atomic mass is 32.2. The van der Waals surface area contributed by atoms with Crippen molar-refractivity contribution in [1.29, 1.82) is 0 Å². The number of rotatable bonds is 6. The summed E-state index contributed by atoms with van der Waals surface area (Å²) in [5.41, 5.74) is 3.35. The van der Waals surface area contributed by atoms with Crippen molar-refractivity contribution in [2.45, 2.75) is 17.8 Å². The van der Waals surface area contributed by atoms with Crippen LogP contribution in [0.3, 0.4) is 0 Å². The van der Waals surface area contributed by atoms with E-state index < -0.39 is 23.4 Å². The van der Waals surface area contributed by atoms with Gasteiger partial charge >= 0.3 is 5.97 Å². The maximum absolute atomic E-state index is 10.9. The van der Waals surface area contributed by atoms with Gasteiger partial charge in [0.2, 0.25) is 0 Å². The van der Waals surface area contributed by atoms with Crippen molar-refractivity contribution in [3.8, 4) is 0 Å². The SMILES string of the molecule is C/C(N)=C/C(=O)OCC(O)SC(O)CO. The molecule has 5 N–H and O–H groups in total. The quantitative estimate of drug-likeness (QED) is 0.259. The minimum Gasteiger partial charge on any atom is -0.459 e. The lowest BCUT2D eigenvalue weighted by molar-refractivity contribution is -0.139. The number of esters is 1. The van der Waals surface area contributed by atoms with Crippen molar-refractivity contribution in [2.24, 2.45) is 5.73 Å². The van der Waals surface area contributed by atoms with Gasteiger partial charge in [0.25, 0.3) is 0 Å². The molecule has 0 fully saturated rings. The molecule has 15 heavy (non-hydrogen) atoms. The summed E-state index contributed by atoms with van der Waals surface area (Å²) in [7, 11) is 0. The van der Waals surface area contributed by atoms with Crippen LogP contribution >= 0.6 is 11.8 Å². The summed E-state index contributed by atoms with van der Waals surface area (Å²) in [4.78, 5) is 10.9. The zero-order chi connectivity index (χ0) is 11.8. The molecule has 0 aromatic carbocycles. The van der Waals surface area contributed by atoms with Gasteiger partial charge in [0.15, 0.2) is 0 Å². The van der Waals surface area contributed by atoms with Crippen molar-refractivity contribution in [1.82, 2.24) is 0 Å². The molecule has 0 saturated carbocycles. The van der Waals surface area contributed by atoms with E-state index in [2.05, 4.69) is 4.74 Å². The van der Waals surface area contributed by atoms with Gasteiger partial charge in [0.05, 0.1) is 6.61 Å². The lowest BCUT2D eigenvalue weighted by atomic mass is 10.4. The van der Waals surface area contributed by atoms with Gasteiger partial charge in [-0.15, -0.1) is 0 Å². The van der Waals surface area contributed by atoms with E-state index >= 15 is 0 Å². The predicted octanol–water partition coefficient (Wildman–Crippen LogP) is -1.25. The highest BCUT2D eigenvalue weighted by Crippen LogP contribution is 2.13. The molecule has 0 aliphatic carbocycles. The van der Waals surface area contributed by atoms with E-state index in [0.29, 0.717) is 17.5 Å². The first-order chi connectivity index (χ1) is 6.95. The summed E-state index contributed by atoms with van der Waals surface area (Å²) in [6.45, 7) is 0.782. The molecule has 88 valence electrons. The normalized spacial score (nSPS) is 15.9. The molecule has 0 aromatic rings. The van der Waals surface area contributed by atoms with Gasteiger partial charge in [-0.1, -0.05) is 11.8 Å². The molecule has 0 rings (SSSR count). The summed E-state index contributed by atoms with van der Waals surface area (Å²) in [6.07, 6.45) is 1.08.